The van der Waals surface area contributed by atoms with Gasteiger partial charge in [-0.25, -0.2) is 8.78 Å². The maximum atomic E-state index is 13.2. The van der Waals surface area contributed by atoms with Gasteiger partial charge in [-0.2, -0.15) is 0 Å². The van der Waals surface area contributed by atoms with Gasteiger partial charge in [-0.05, 0) is 37.1 Å². The van der Waals surface area contributed by atoms with Crippen LogP contribution in [-0.4, -0.2) is 28.8 Å². The number of benzene rings is 1. The molecule has 0 aliphatic heterocycles. The second kappa shape index (κ2) is 7.91. The SMILES string of the molecule is CCCNC(CCC(=O)O)C(O)c1ccc(F)c(F)c1. The molecule has 2 atom stereocenters. The summed E-state index contributed by atoms with van der Waals surface area (Å²) in [7, 11) is 0. The first-order valence-corrected chi connectivity index (χ1v) is 6.54. The van der Waals surface area contributed by atoms with Crippen molar-refractivity contribution < 1.29 is 23.8 Å². The van der Waals surface area contributed by atoms with Gasteiger partial charge in [0.1, 0.15) is 0 Å². The quantitative estimate of drug-likeness (QED) is 0.686. The van der Waals surface area contributed by atoms with E-state index in [-0.39, 0.29) is 18.4 Å². The molecule has 1 aromatic rings. The lowest BCUT2D eigenvalue weighted by molar-refractivity contribution is -0.137. The summed E-state index contributed by atoms with van der Waals surface area (Å²) in [5, 5.41) is 21.9. The van der Waals surface area contributed by atoms with Crippen LogP contribution < -0.4 is 5.32 Å². The molecular formula is C14H19F2NO3. The normalized spacial score (nSPS) is 14.0. The fourth-order valence-corrected chi connectivity index (χ4v) is 1.91. The molecule has 0 amide bonds. The molecule has 4 nitrogen and oxygen atoms in total. The Morgan fingerprint density at radius 3 is 2.60 bits per heavy atom. The molecular weight excluding hydrogens is 268 g/mol. The Hall–Kier alpha value is -1.53. The Balaban J connectivity index is 2.81. The third-order valence-corrected chi connectivity index (χ3v) is 2.99. The predicted molar refractivity (Wildman–Crippen MR) is 70.3 cm³/mol. The number of halogens is 2. The number of hydrogen-bond donors (Lipinski definition) is 3. The zero-order chi connectivity index (χ0) is 15.1. The van der Waals surface area contributed by atoms with E-state index in [9.17, 15) is 18.7 Å². The largest absolute Gasteiger partial charge is 0.481 e. The van der Waals surface area contributed by atoms with Gasteiger partial charge in [0, 0.05) is 12.5 Å². The average Bonchev–Trinajstić information content (AvgIpc) is 2.41. The smallest absolute Gasteiger partial charge is 0.303 e. The third kappa shape index (κ3) is 4.86. The summed E-state index contributed by atoms with van der Waals surface area (Å²) >= 11 is 0. The molecule has 0 radical (unpaired) electrons. The van der Waals surface area contributed by atoms with Crippen molar-refractivity contribution in [1.82, 2.24) is 5.32 Å². The van der Waals surface area contributed by atoms with E-state index in [0.717, 1.165) is 18.6 Å². The Morgan fingerprint density at radius 1 is 1.35 bits per heavy atom. The minimum absolute atomic E-state index is 0.109. The molecule has 0 heterocycles. The molecule has 6 heteroatoms. The maximum absolute atomic E-state index is 13.2. The van der Waals surface area contributed by atoms with Gasteiger partial charge < -0.3 is 15.5 Å². The Morgan fingerprint density at radius 2 is 2.05 bits per heavy atom. The molecule has 1 aromatic carbocycles. The maximum Gasteiger partial charge on any atom is 0.303 e. The first-order valence-electron chi connectivity index (χ1n) is 6.54. The molecule has 0 saturated carbocycles. The second-order valence-electron chi connectivity index (χ2n) is 4.61. The Kier molecular flexibility index (Phi) is 6.54. The van der Waals surface area contributed by atoms with E-state index in [1.807, 2.05) is 6.92 Å². The number of carboxylic acid groups (broad SMARTS) is 1. The van der Waals surface area contributed by atoms with Crippen molar-refractivity contribution >= 4 is 5.97 Å². The van der Waals surface area contributed by atoms with Crippen molar-refractivity contribution in [3.05, 3.63) is 35.4 Å². The fourth-order valence-electron chi connectivity index (χ4n) is 1.91. The van der Waals surface area contributed by atoms with Crippen molar-refractivity contribution in [3.63, 3.8) is 0 Å². The molecule has 20 heavy (non-hydrogen) atoms. The van der Waals surface area contributed by atoms with Gasteiger partial charge in [-0.3, -0.25) is 4.79 Å². The molecule has 0 aromatic heterocycles. The number of rotatable bonds is 8. The third-order valence-electron chi connectivity index (χ3n) is 2.99. The fraction of sp³-hybridized carbons (Fsp3) is 0.500. The van der Waals surface area contributed by atoms with Crippen molar-refractivity contribution in [2.24, 2.45) is 0 Å². The number of hydrogen-bond acceptors (Lipinski definition) is 3. The molecule has 0 aliphatic carbocycles. The summed E-state index contributed by atoms with van der Waals surface area (Å²) in [5.74, 6) is -2.98. The number of aliphatic carboxylic acids is 1. The van der Waals surface area contributed by atoms with Gasteiger partial charge >= 0.3 is 5.97 Å². The molecule has 2 unspecified atom stereocenters. The highest BCUT2D eigenvalue weighted by Gasteiger charge is 2.22. The van der Waals surface area contributed by atoms with Crippen LogP contribution in [0.3, 0.4) is 0 Å². The minimum atomic E-state index is -1.09. The molecule has 0 bridgehead atoms. The van der Waals surface area contributed by atoms with Gasteiger partial charge in [0.2, 0.25) is 0 Å². The zero-order valence-corrected chi connectivity index (χ0v) is 11.3. The number of carboxylic acids is 1. The lowest BCUT2D eigenvalue weighted by Gasteiger charge is -2.24. The van der Waals surface area contributed by atoms with E-state index in [2.05, 4.69) is 5.32 Å². The van der Waals surface area contributed by atoms with Gasteiger partial charge in [0.05, 0.1) is 6.10 Å². The van der Waals surface area contributed by atoms with E-state index < -0.39 is 29.7 Å². The summed E-state index contributed by atoms with van der Waals surface area (Å²) in [4.78, 5) is 10.6. The van der Waals surface area contributed by atoms with Crippen LogP contribution >= 0.6 is 0 Å². The Labute approximate surface area is 116 Å². The average molecular weight is 287 g/mol. The number of carbonyl (C=O) groups is 1. The van der Waals surface area contributed by atoms with Crippen LogP contribution in [0.4, 0.5) is 8.78 Å². The standard InChI is InChI=1S/C14H19F2NO3/c1-2-7-17-12(5-6-13(18)19)14(20)9-3-4-10(15)11(16)8-9/h3-4,8,12,14,17,20H,2,5-7H2,1H3,(H,18,19). The Bertz CT molecular complexity index is 454. The van der Waals surface area contributed by atoms with Gasteiger partial charge in [0.15, 0.2) is 11.6 Å². The van der Waals surface area contributed by atoms with Crippen molar-refractivity contribution in [2.75, 3.05) is 6.54 Å². The molecule has 112 valence electrons. The summed E-state index contributed by atoms with van der Waals surface area (Å²) in [5.41, 5.74) is 0.225. The molecule has 0 aliphatic rings. The summed E-state index contributed by atoms with van der Waals surface area (Å²) in [6.45, 7) is 2.54. The van der Waals surface area contributed by atoms with Crippen LogP contribution in [0.5, 0.6) is 0 Å². The van der Waals surface area contributed by atoms with Gasteiger partial charge in [-0.1, -0.05) is 13.0 Å². The zero-order valence-electron chi connectivity index (χ0n) is 11.3. The topological polar surface area (TPSA) is 69.6 Å². The van der Waals surface area contributed by atoms with E-state index >= 15 is 0 Å². The van der Waals surface area contributed by atoms with Crippen molar-refractivity contribution in [2.45, 2.75) is 38.3 Å². The molecule has 1 rings (SSSR count). The van der Waals surface area contributed by atoms with Crippen molar-refractivity contribution in [3.8, 4) is 0 Å². The van der Waals surface area contributed by atoms with Crippen LogP contribution in [0.1, 0.15) is 37.9 Å². The van der Waals surface area contributed by atoms with Crippen LogP contribution in [0.15, 0.2) is 18.2 Å². The molecule has 0 saturated heterocycles. The van der Waals surface area contributed by atoms with Gasteiger partial charge in [0.25, 0.3) is 0 Å². The summed E-state index contributed by atoms with van der Waals surface area (Å²) < 4.78 is 26.0. The molecule has 0 spiro atoms. The second-order valence-corrected chi connectivity index (χ2v) is 4.61. The predicted octanol–water partition coefficient (Wildman–Crippen LogP) is 2.23. The minimum Gasteiger partial charge on any atom is -0.481 e. The first-order chi connectivity index (χ1) is 9.45. The summed E-state index contributed by atoms with van der Waals surface area (Å²) in [6, 6.07) is 2.66. The van der Waals surface area contributed by atoms with E-state index in [0.29, 0.717) is 6.54 Å². The molecule has 0 fully saturated rings. The van der Waals surface area contributed by atoms with Crippen LogP contribution in [-0.2, 0) is 4.79 Å². The number of aliphatic hydroxyl groups excluding tert-OH is 1. The van der Waals surface area contributed by atoms with E-state index in [1.165, 1.54) is 6.07 Å². The highest BCUT2D eigenvalue weighted by atomic mass is 19.2. The highest BCUT2D eigenvalue weighted by Crippen LogP contribution is 2.22. The lowest BCUT2D eigenvalue weighted by atomic mass is 9.98. The van der Waals surface area contributed by atoms with Crippen molar-refractivity contribution in [1.29, 1.82) is 0 Å². The number of aliphatic hydroxyl groups is 1. The lowest BCUT2D eigenvalue weighted by Crippen LogP contribution is -2.36. The summed E-state index contributed by atoms with van der Waals surface area (Å²) in [6.07, 6.45) is -0.179. The monoisotopic (exact) mass is 287 g/mol. The molecule has 3 N–H and O–H groups in total. The highest BCUT2D eigenvalue weighted by molar-refractivity contribution is 5.66. The van der Waals surface area contributed by atoms with Gasteiger partial charge in [-0.15, -0.1) is 0 Å². The van der Waals surface area contributed by atoms with Crippen LogP contribution in [0, 0.1) is 11.6 Å². The first kappa shape index (κ1) is 16.5. The van der Waals surface area contributed by atoms with Crippen LogP contribution in [0.25, 0.3) is 0 Å². The van der Waals surface area contributed by atoms with E-state index in [1.54, 1.807) is 0 Å². The van der Waals surface area contributed by atoms with Crippen LogP contribution in [0.2, 0.25) is 0 Å². The number of nitrogens with one attached hydrogen (secondary N) is 1. The van der Waals surface area contributed by atoms with E-state index in [4.69, 9.17) is 5.11 Å².